The van der Waals surface area contributed by atoms with Crippen LogP contribution in [-0.4, -0.2) is 23.4 Å². The molecule has 0 aromatic rings. The van der Waals surface area contributed by atoms with Crippen LogP contribution in [0.25, 0.3) is 0 Å². The Bertz CT molecular complexity index is 293. The van der Waals surface area contributed by atoms with Gasteiger partial charge in [-0.25, -0.2) is 0 Å². The minimum absolute atomic E-state index is 0. The van der Waals surface area contributed by atoms with Gasteiger partial charge in [-0.2, -0.15) is 12.7 Å². The normalized spacial score (nSPS) is 11.5. The molecule has 0 aromatic heterocycles. The van der Waals surface area contributed by atoms with Gasteiger partial charge in [-0.05, 0) is 20.3 Å². The fraction of sp³-hybridized carbons (Fsp3) is 0.429. The van der Waals surface area contributed by atoms with Crippen LogP contribution in [0.15, 0.2) is 30.4 Å². The molecule has 3 heteroatoms. The van der Waals surface area contributed by atoms with Crippen LogP contribution in [0, 0.1) is 13.0 Å². The molecular weight excluding hydrogens is 287 g/mol. The molecule has 0 aliphatic heterocycles. The summed E-state index contributed by atoms with van der Waals surface area (Å²) in [4.78, 5) is 13.8. The summed E-state index contributed by atoms with van der Waals surface area (Å²) in [6, 6.07) is 0.140. The smallest absolute Gasteiger partial charge is 0.165 e. The molecule has 1 amide bonds. The van der Waals surface area contributed by atoms with Crippen LogP contribution in [0.4, 0.5) is 0 Å². The third-order valence-corrected chi connectivity index (χ3v) is 2.13. The van der Waals surface area contributed by atoms with Crippen molar-refractivity contribution in [3.63, 3.8) is 0 Å². The van der Waals surface area contributed by atoms with E-state index in [0.29, 0.717) is 12.1 Å². The standard InChI is InChI=1S/C14H21NO.Y/c1-6-9-11-13(10-7-2)14(16)15(8-3)12(4)5;/h7,9,11-12H,2-3,6,8H2,1,4-5H3;/q-2;/b11-9-;. The topological polar surface area (TPSA) is 20.3 Å². The summed E-state index contributed by atoms with van der Waals surface area (Å²) in [5.41, 5.74) is 0.536. The molecule has 0 aliphatic rings. The molecular formula is C14H21NOY-2. The second-order valence-corrected chi connectivity index (χ2v) is 3.67. The third kappa shape index (κ3) is 6.95. The van der Waals surface area contributed by atoms with E-state index < -0.39 is 0 Å². The van der Waals surface area contributed by atoms with Crippen molar-refractivity contribution in [2.45, 2.75) is 33.2 Å². The second-order valence-electron chi connectivity index (χ2n) is 3.67. The van der Waals surface area contributed by atoms with E-state index in [9.17, 15) is 4.79 Å². The summed E-state index contributed by atoms with van der Waals surface area (Å²) < 4.78 is 0. The summed E-state index contributed by atoms with van der Waals surface area (Å²) in [5, 5.41) is 0. The van der Waals surface area contributed by atoms with Gasteiger partial charge in [-0.1, -0.05) is 12.5 Å². The largest absolute Gasteiger partial charge is 0.406 e. The molecule has 1 radical (unpaired) electrons. The van der Waals surface area contributed by atoms with Crippen molar-refractivity contribution >= 4 is 5.91 Å². The first kappa shape index (κ1) is 19.1. The molecule has 0 rings (SSSR count). The van der Waals surface area contributed by atoms with E-state index in [1.165, 1.54) is 6.08 Å². The van der Waals surface area contributed by atoms with Crippen LogP contribution in [0.3, 0.4) is 0 Å². The Morgan fingerprint density at radius 3 is 2.47 bits per heavy atom. The molecule has 0 atom stereocenters. The Kier molecular flexibility index (Phi) is 12.3. The maximum Gasteiger partial charge on any atom is 0.165 e. The first-order valence-electron chi connectivity index (χ1n) is 5.59. The maximum atomic E-state index is 12.1. The summed E-state index contributed by atoms with van der Waals surface area (Å²) in [7, 11) is 0. The number of carbonyl (C=O) groups excluding carboxylic acids is 1. The average molecular weight is 308 g/mol. The molecule has 0 heterocycles. The summed E-state index contributed by atoms with van der Waals surface area (Å²) in [5.74, 6) is -0.0467. The van der Waals surface area contributed by atoms with Crippen LogP contribution in [0.1, 0.15) is 27.2 Å². The molecule has 93 valence electrons. The van der Waals surface area contributed by atoms with Gasteiger partial charge in [-0.15, -0.1) is 24.8 Å². The van der Waals surface area contributed by atoms with Crippen molar-refractivity contribution in [2.24, 2.45) is 0 Å². The van der Waals surface area contributed by atoms with E-state index in [4.69, 9.17) is 0 Å². The first-order chi connectivity index (χ1) is 7.58. The van der Waals surface area contributed by atoms with Crippen molar-refractivity contribution in [2.75, 3.05) is 6.54 Å². The Morgan fingerprint density at radius 2 is 2.12 bits per heavy atom. The number of amides is 1. The second kappa shape index (κ2) is 10.9. The molecule has 0 fully saturated rings. The van der Waals surface area contributed by atoms with Gasteiger partial charge in [-0.3, -0.25) is 0 Å². The molecule has 0 saturated heterocycles. The predicted octanol–water partition coefficient (Wildman–Crippen LogP) is 2.94. The molecule has 2 nitrogen and oxygen atoms in total. The average Bonchev–Trinajstić information content (AvgIpc) is 2.24. The van der Waals surface area contributed by atoms with Gasteiger partial charge in [0.2, 0.25) is 0 Å². The minimum atomic E-state index is -0.0467. The Balaban J connectivity index is 0. The van der Waals surface area contributed by atoms with E-state index in [1.807, 2.05) is 26.8 Å². The summed E-state index contributed by atoms with van der Waals surface area (Å²) in [6.07, 6.45) is 8.98. The van der Waals surface area contributed by atoms with Crippen LogP contribution in [0.2, 0.25) is 0 Å². The van der Waals surface area contributed by atoms with Crippen LogP contribution >= 0.6 is 0 Å². The molecule has 0 aliphatic carbocycles. The van der Waals surface area contributed by atoms with Gasteiger partial charge in [0.15, 0.2) is 5.91 Å². The Hall–Kier alpha value is -0.206. The van der Waals surface area contributed by atoms with Gasteiger partial charge in [0.1, 0.15) is 0 Å². The first-order valence-corrected chi connectivity index (χ1v) is 5.59. The zero-order chi connectivity index (χ0) is 12.6. The van der Waals surface area contributed by atoms with Crippen molar-refractivity contribution in [1.29, 1.82) is 0 Å². The zero-order valence-corrected chi connectivity index (χ0v) is 13.9. The zero-order valence-electron chi connectivity index (χ0n) is 11.1. The Morgan fingerprint density at radius 1 is 1.53 bits per heavy atom. The van der Waals surface area contributed by atoms with Crippen LogP contribution < -0.4 is 0 Å². The van der Waals surface area contributed by atoms with Crippen molar-refractivity contribution < 1.29 is 37.5 Å². The number of allylic oxidation sites excluding steroid dienone is 3. The van der Waals surface area contributed by atoms with Gasteiger partial charge in [0.05, 0.1) is 0 Å². The summed E-state index contributed by atoms with van der Waals surface area (Å²) >= 11 is 0. The van der Waals surface area contributed by atoms with Crippen LogP contribution in [-0.2, 0) is 37.5 Å². The predicted molar refractivity (Wildman–Crippen MR) is 68.6 cm³/mol. The number of rotatable bonds is 6. The van der Waals surface area contributed by atoms with Gasteiger partial charge >= 0.3 is 0 Å². The monoisotopic (exact) mass is 308 g/mol. The van der Waals surface area contributed by atoms with E-state index >= 15 is 0 Å². The number of hydrogen-bond acceptors (Lipinski definition) is 1. The van der Waals surface area contributed by atoms with E-state index in [-0.39, 0.29) is 44.7 Å². The number of nitrogens with zero attached hydrogens (tertiary/aromatic N) is 1. The van der Waals surface area contributed by atoms with E-state index in [2.05, 4.69) is 19.6 Å². The summed E-state index contributed by atoms with van der Waals surface area (Å²) in [6.45, 7) is 13.8. The van der Waals surface area contributed by atoms with Crippen LogP contribution in [0.5, 0.6) is 0 Å². The van der Waals surface area contributed by atoms with Gasteiger partial charge < -0.3 is 16.6 Å². The van der Waals surface area contributed by atoms with Gasteiger partial charge in [0, 0.05) is 38.8 Å². The van der Waals surface area contributed by atoms with Crippen molar-refractivity contribution in [3.05, 3.63) is 43.4 Å². The van der Waals surface area contributed by atoms with E-state index in [0.717, 1.165) is 6.42 Å². The minimum Gasteiger partial charge on any atom is -0.406 e. The molecule has 0 bridgehead atoms. The van der Waals surface area contributed by atoms with Crippen molar-refractivity contribution in [3.8, 4) is 0 Å². The quantitative estimate of drug-likeness (QED) is 0.420. The van der Waals surface area contributed by atoms with Gasteiger partial charge in [0.25, 0.3) is 0 Å². The molecule has 0 unspecified atom stereocenters. The molecule has 0 aromatic carbocycles. The molecule has 0 saturated carbocycles. The SMILES string of the molecule is C=C[C-]=C(/C=C\CC)C(=O)N(C[CH2-])C(C)C.[Y]. The number of hydrogen-bond donors (Lipinski definition) is 0. The van der Waals surface area contributed by atoms with Crippen molar-refractivity contribution in [1.82, 2.24) is 4.90 Å². The Labute approximate surface area is 131 Å². The number of carbonyl (C=O) groups is 1. The maximum absolute atomic E-state index is 12.1. The molecule has 17 heavy (non-hydrogen) atoms. The van der Waals surface area contributed by atoms with E-state index in [1.54, 1.807) is 11.0 Å². The fourth-order valence-electron chi connectivity index (χ4n) is 1.28. The third-order valence-electron chi connectivity index (χ3n) is 2.13. The molecule has 0 N–H and O–H groups in total. The fourth-order valence-corrected chi connectivity index (χ4v) is 1.28. The molecule has 0 spiro atoms.